The largest absolute Gasteiger partial charge is 0.542 e. The molecule has 0 saturated carbocycles. The van der Waals surface area contributed by atoms with Crippen molar-refractivity contribution in [2.75, 3.05) is 0 Å². The Bertz CT molecular complexity index is 613. The minimum atomic E-state index is -1.36. The van der Waals surface area contributed by atoms with E-state index < -0.39 is 12.0 Å². The summed E-state index contributed by atoms with van der Waals surface area (Å²) in [5, 5.41) is 15.0. The number of carboxylic acid groups (broad SMARTS) is 1. The van der Waals surface area contributed by atoms with Crippen LogP contribution in [0.5, 0.6) is 0 Å². The van der Waals surface area contributed by atoms with Gasteiger partial charge in [-0.05, 0) is 18.8 Å². The van der Waals surface area contributed by atoms with Crippen LogP contribution in [0, 0.1) is 12.3 Å². The summed E-state index contributed by atoms with van der Waals surface area (Å²) < 4.78 is 5.38. The van der Waals surface area contributed by atoms with Crippen LogP contribution in [0.25, 0.3) is 0 Å². The Balaban J connectivity index is 2.55. The molecule has 1 aromatic rings. The van der Waals surface area contributed by atoms with E-state index in [9.17, 15) is 14.7 Å². The average Bonchev–Trinajstić information content (AvgIpc) is 2.62. The summed E-state index contributed by atoms with van der Waals surface area (Å²) in [6, 6.07) is -0.774. The molecule has 0 saturated heterocycles. The van der Waals surface area contributed by atoms with Crippen LogP contribution >= 0.6 is 0 Å². The number of aromatic carboxylic acids is 1. The molecule has 108 valence electrons. The fraction of sp³-hybridized carbons (Fsp3) is 0.462. The van der Waals surface area contributed by atoms with Crippen LogP contribution in [0.2, 0.25) is 0 Å². The van der Waals surface area contributed by atoms with Crippen LogP contribution < -0.4 is 16.3 Å². The first kappa shape index (κ1) is 14.1. The maximum Gasteiger partial charge on any atom is 0.332 e. The number of carbonyl (C=O) groups is 2. The van der Waals surface area contributed by atoms with Crippen molar-refractivity contribution in [3.63, 3.8) is 0 Å². The lowest BCUT2D eigenvalue weighted by molar-refractivity contribution is -0.257. The van der Waals surface area contributed by atoms with Gasteiger partial charge in [0, 0.05) is 17.5 Å². The van der Waals surface area contributed by atoms with Gasteiger partial charge in [0.05, 0.1) is 5.71 Å². The number of primary amides is 1. The molecule has 2 amide bonds. The van der Waals surface area contributed by atoms with Gasteiger partial charge in [-0.3, -0.25) is 0 Å². The third kappa shape index (κ3) is 2.52. The molecular weight excluding hydrogens is 262 g/mol. The van der Waals surface area contributed by atoms with Crippen molar-refractivity contribution in [2.24, 2.45) is 16.3 Å². The Labute approximate surface area is 115 Å². The second-order valence-corrected chi connectivity index (χ2v) is 5.69. The molecule has 0 aromatic carbocycles. The lowest BCUT2D eigenvalue weighted by atomic mass is 9.75. The van der Waals surface area contributed by atoms with Gasteiger partial charge < -0.3 is 20.1 Å². The topological polar surface area (TPSA) is 121 Å². The molecule has 1 aliphatic rings. The van der Waals surface area contributed by atoms with Crippen molar-refractivity contribution in [3.8, 4) is 0 Å². The second kappa shape index (κ2) is 4.66. The highest BCUT2D eigenvalue weighted by atomic mass is 16.4. The molecule has 0 spiro atoms. The molecule has 2 rings (SSSR count). The van der Waals surface area contributed by atoms with Gasteiger partial charge in [0.15, 0.2) is 5.76 Å². The number of amides is 2. The number of hydrogen-bond acceptors (Lipinski definition) is 5. The fourth-order valence-corrected chi connectivity index (χ4v) is 2.53. The predicted octanol–water partition coefficient (Wildman–Crippen LogP) is 0.296. The molecule has 20 heavy (non-hydrogen) atoms. The highest BCUT2D eigenvalue weighted by Crippen LogP contribution is 2.38. The smallest absolute Gasteiger partial charge is 0.332 e. The van der Waals surface area contributed by atoms with E-state index in [2.05, 4.69) is 10.5 Å². The Hall–Kier alpha value is -2.31. The van der Waals surface area contributed by atoms with Crippen LogP contribution in [0.1, 0.15) is 47.7 Å². The summed E-state index contributed by atoms with van der Waals surface area (Å²) in [5.41, 5.74) is 8.67. The number of carbonyl (C=O) groups excluding carboxylic acids is 2. The van der Waals surface area contributed by atoms with E-state index in [-0.39, 0.29) is 11.2 Å². The van der Waals surface area contributed by atoms with Crippen LogP contribution in [0.3, 0.4) is 0 Å². The third-order valence-electron chi connectivity index (χ3n) is 3.28. The Morgan fingerprint density at radius 2 is 2.05 bits per heavy atom. The molecule has 0 unspecified atom stereocenters. The molecule has 1 aliphatic carbocycles. The van der Waals surface area contributed by atoms with Crippen molar-refractivity contribution in [1.82, 2.24) is 5.43 Å². The van der Waals surface area contributed by atoms with Crippen molar-refractivity contribution < 1.29 is 19.1 Å². The fourth-order valence-electron chi connectivity index (χ4n) is 2.53. The molecule has 1 heterocycles. The number of nitrogens with one attached hydrogen (secondary N) is 1. The molecule has 0 aliphatic heterocycles. The molecular formula is C13H16N3O4-. The molecule has 0 fully saturated rings. The minimum Gasteiger partial charge on any atom is -0.542 e. The zero-order chi connectivity index (χ0) is 15.1. The zero-order valence-electron chi connectivity index (χ0n) is 11.6. The van der Waals surface area contributed by atoms with E-state index >= 15 is 0 Å². The Morgan fingerprint density at radius 3 is 2.60 bits per heavy atom. The van der Waals surface area contributed by atoms with E-state index in [1.807, 2.05) is 13.8 Å². The Morgan fingerprint density at radius 1 is 1.40 bits per heavy atom. The summed E-state index contributed by atoms with van der Waals surface area (Å²) in [4.78, 5) is 21.8. The van der Waals surface area contributed by atoms with Crippen molar-refractivity contribution in [2.45, 2.75) is 33.6 Å². The van der Waals surface area contributed by atoms with Gasteiger partial charge in [-0.15, -0.1) is 0 Å². The molecule has 1 aromatic heterocycles. The number of rotatable bonds is 2. The summed E-state index contributed by atoms with van der Waals surface area (Å²) in [7, 11) is 0. The summed E-state index contributed by atoms with van der Waals surface area (Å²) in [6.45, 7) is 5.64. The summed E-state index contributed by atoms with van der Waals surface area (Å²) in [6.07, 6.45) is 1.17. The number of hydrazone groups is 1. The number of urea groups is 1. The summed E-state index contributed by atoms with van der Waals surface area (Å²) in [5.74, 6) is -1.01. The van der Waals surface area contributed by atoms with Gasteiger partial charge in [-0.2, -0.15) is 5.10 Å². The molecule has 7 nitrogen and oxygen atoms in total. The number of carboxylic acids is 1. The molecule has 7 heteroatoms. The van der Waals surface area contributed by atoms with Gasteiger partial charge in [-0.1, -0.05) is 13.8 Å². The van der Waals surface area contributed by atoms with Crippen molar-refractivity contribution in [3.05, 3.63) is 22.6 Å². The van der Waals surface area contributed by atoms with Crippen LogP contribution in [0.15, 0.2) is 9.52 Å². The first-order chi connectivity index (χ1) is 9.21. The van der Waals surface area contributed by atoms with Gasteiger partial charge in [-0.25, -0.2) is 10.2 Å². The normalized spacial score (nSPS) is 18.6. The van der Waals surface area contributed by atoms with E-state index in [4.69, 9.17) is 10.2 Å². The van der Waals surface area contributed by atoms with Gasteiger partial charge in [0.25, 0.3) is 0 Å². The monoisotopic (exact) mass is 278 g/mol. The van der Waals surface area contributed by atoms with Crippen molar-refractivity contribution >= 4 is 17.7 Å². The average molecular weight is 278 g/mol. The number of nitrogens with zero attached hydrogens (tertiary/aromatic N) is 1. The number of hydrogen-bond donors (Lipinski definition) is 2. The lowest BCUT2D eigenvalue weighted by Gasteiger charge is -2.29. The maximum atomic E-state index is 11.0. The SMILES string of the molecule is Cc1c(C(=O)[O-])oc2c1/C(=N\NC(N)=O)CC(C)(C)C2. The molecule has 0 atom stereocenters. The number of nitrogens with two attached hydrogens (primary N) is 1. The van der Waals surface area contributed by atoms with E-state index in [0.29, 0.717) is 35.4 Å². The lowest BCUT2D eigenvalue weighted by Crippen LogP contribution is -2.31. The zero-order valence-corrected chi connectivity index (χ0v) is 11.6. The number of furan rings is 1. The first-order valence-corrected chi connectivity index (χ1v) is 6.17. The highest BCUT2D eigenvalue weighted by Gasteiger charge is 2.35. The van der Waals surface area contributed by atoms with E-state index in [0.717, 1.165) is 0 Å². The summed E-state index contributed by atoms with van der Waals surface area (Å²) >= 11 is 0. The number of fused-ring (bicyclic) bond motifs is 1. The van der Waals surface area contributed by atoms with Crippen molar-refractivity contribution in [1.29, 1.82) is 0 Å². The van der Waals surface area contributed by atoms with E-state index in [1.165, 1.54) is 0 Å². The standard InChI is InChI=1S/C13H17N3O4/c1-6-9-7(15-16-12(14)19)4-13(2,3)5-8(9)20-10(6)11(17)18/h4-5H2,1-3H3,(H,17,18)(H3,14,16,19)/p-1/b15-7-. The third-order valence-corrected chi connectivity index (χ3v) is 3.28. The molecule has 0 bridgehead atoms. The van der Waals surface area contributed by atoms with E-state index in [1.54, 1.807) is 6.92 Å². The van der Waals surface area contributed by atoms with Gasteiger partial charge >= 0.3 is 6.03 Å². The van der Waals surface area contributed by atoms with Crippen LogP contribution in [-0.4, -0.2) is 17.7 Å². The quantitative estimate of drug-likeness (QED) is 0.755. The predicted molar refractivity (Wildman–Crippen MR) is 69.1 cm³/mol. The second-order valence-electron chi connectivity index (χ2n) is 5.69. The van der Waals surface area contributed by atoms with Crippen LogP contribution in [-0.2, 0) is 6.42 Å². The van der Waals surface area contributed by atoms with Gasteiger partial charge in [0.2, 0.25) is 0 Å². The molecule has 0 radical (unpaired) electrons. The van der Waals surface area contributed by atoms with Crippen LogP contribution in [0.4, 0.5) is 4.79 Å². The minimum absolute atomic E-state index is 0.154. The maximum absolute atomic E-state index is 11.0. The van der Waals surface area contributed by atoms with Gasteiger partial charge in [0.1, 0.15) is 11.7 Å². The Kier molecular flexibility index (Phi) is 3.29. The molecule has 3 N–H and O–H groups in total. The first-order valence-electron chi connectivity index (χ1n) is 6.17. The highest BCUT2D eigenvalue weighted by molar-refractivity contribution is 6.06.